The summed E-state index contributed by atoms with van der Waals surface area (Å²) in [5.74, 6) is -1.64. The van der Waals surface area contributed by atoms with Crippen molar-refractivity contribution >= 4 is 35.0 Å². The highest BCUT2D eigenvalue weighted by Gasteiger charge is 2.23. The molecular formula is C19H19FN2O5S. The summed E-state index contributed by atoms with van der Waals surface area (Å²) in [6.07, 6.45) is -1.07. The predicted molar refractivity (Wildman–Crippen MR) is 104 cm³/mol. The molecule has 2 aromatic rings. The first kappa shape index (κ1) is 21.4. The summed E-state index contributed by atoms with van der Waals surface area (Å²) in [6, 6.07) is 10.0. The lowest BCUT2D eigenvalue weighted by Gasteiger charge is -2.16. The molecule has 0 aliphatic heterocycles. The molecule has 0 aromatic heterocycles. The largest absolute Gasteiger partial charge is 0.452 e. The average molecular weight is 406 g/mol. The van der Waals surface area contributed by atoms with Crippen molar-refractivity contribution in [3.8, 4) is 0 Å². The second kappa shape index (κ2) is 9.32. The van der Waals surface area contributed by atoms with Crippen LogP contribution >= 0.6 is 11.8 Å². The summed E-state index contributed by atoms with van der Waals surface area (Å²) < 4.78 is 18.7. The molecule has 0 fully saturated rings. The van der Waals surface area contributed by atoms with E-state index in [1.165, 1.54) is 43.3 Å². The Morgan fingerprint density at radius 3 is 2.39 bits per heavy atom. The smallest absolute Gasteiger partial charge is 0.319 e. The Morgan fingerprint density at radius 2 is 1.82 bits per heavy atom. The number of thioether (sulfide) groups is 1. The van der Waals surface area contributed by atoms with Crippen molar-refractivity contribution in [3.63, 3.8) is 0 Å². The van der Waals surface area contributed by atoms with E-state index in [-0.39, 0.29) is 11.4 Å². The topological polar surface area (TPSA) is 98.5 Å². The number of nitro groups is 1. The van der Waals surface area contributed by atoms with Crippen molar-refractivity contribution in [1.82, 2.24) is 0 Å². The van der Waals surface area contributed by atoms with Crippen LogP contribution in [0.2, 0.25) is 0 Å². The number of hydrogen-bond donors (Lipinski definition) is 1. The van der Waals surface area contributed by atoms with Gasteiger partial charge in [-0.15, -0.1) is 11.8 Å². The summed E-state index contributed by atoms with van der Waals surface area (Å²) in [7, 11) is 0. The molecule has 0 saturated heterocycles. The Kier molecular flexibility index (Phi) is 7.11. The number of non-ortho nitro benzene ring substituents is 1. The Balaban J connectivity index is 1.90. The van der Waals surface area contributed by atoms with Crippen molar-refractivity contribution in [2.24, 2.45) is 0 Å². The van der Waals surface area contributed by atoms with Crippen LogP contribution < -0.4 is 5.32 Å². The number of rotatable bonds is 7. The van der Waals surface area contributed by atoms with Gasteiger partial charge in [-0.05, 0) is 50.6 Å². The van der Waals surface area contributed by atoms with Crippen molar-refractivity contribution in [1.29, 1.82) is 0 Å². The first-order valence-corrected chi connectivity index (χ1v) is 9.24. The first-order valence-electron chi connectivity index (χ1n) is 8.36. The van der Waals surface area contributed by atoms with E-state index >= 15 is 0 Å². The van der Waals surface area contributed by atoms with Crippen LogP contribution in [0.15, 0.2) is 47.4 Å². The number of nitrogens with zero attached hydrogens (tertiary/aromatic N) is 1. The van der Waals surface area contributed by atoms with E-state index in [0.29, 0.717) is 10.5 Å². The Morgan fingerprint density at radius 1 is 1.18 bits per heavy atom. The van der Waals surface area contributed by atoms with Gasteiger partial charge >= 0.3 is 5.97 Å². The number of anilines is 1. The van der Waals surface area contributed by atoms with E-state index in [2.05, 4.69) is 5.32 Å². The fraction of sp³-hybridized carbons (Fsp3) is 0.263. The Labute approximate surface area is 165 Å². The fourth-order valence-electron chi connectivity index (χ4n) is 2.14. The molecule has 148 valence electrons. The van der Waals surface area contributed by atoms with Crippen molar-refractivity contribution in [2.45, 2.75) is 37.0 Å². The van der Waals surface area contributed by atoms with Crippen LogP contribution in [0, 0.1) is 22.9 Å². The van der Waals surface area contributed by atoms with Gasteiger partial charge < -0.3 is 10.1 Å². The third-order valence-corrected chi connectivity index (χ3v) is 4.88. The molecular weight excluding hydrogens is 387 g/mol. The third-order valence-electron chi connectivity index (χ3n) is 3.79. The molecule has 0 unspecified atom stereocenters. The highest BCUT2D eigenvalue weighted by molar-refractivity contribution is 8.00. The van der Waals surface area contributed by atoms with E-state index in [1.807, 2.05) is 0 Å². The average Bonchev–Trinajstić information content (AvgIpc) is 2.65. The lowest BCUT2D eigenvalue weighted by Crippen LogP contribution is -2.32. The molecule has 0 heterocycles. The van der Waals surface area contributed by atoms with Gasteiger partial charge in [-0.3, -0.25) is 19.7 Å². The molecule has 2 atom stereocenters. The number of esters is 1. The molecule has 0 spiro atoms. The molecule has 2 aromatic carbocycles. The van der Waals surface area contributed by atoms with Gasteiger partial charge in [0.1, 0.15) is 11.1 Å². The second-order valence-electron chi connectivity index (χ2n) is 6.04. The molecule has 7 nitrogen and oxygen atoms in total. The zero-order valence-electron chi connectivity index (χ0n) is 15.5. The molecule has 9 heteroatoms. The Bertz CT molecular complexity index is 888. The van der Waals surface area contributed by atoms with Crippen LogP contribution in [0.3, 0.4) is 0 Å². The highest BCUT2D eigenvalue weighted by Crippen LogP contribution is 2.26. The summed E-state index contributed by atoms with van der Waals surface area (Å²) in [5, 5.41) is 12.5. The number of ether oxygens (including phenoxy) is 1. The molecule has 0 aliphatic rings. The van der Waals surface area contributed by atoms with E-state index in [4.69, 9.17) is 4.74 Å². The molecule has 0 radical (unpaired) electrons. The number of nitrogens with one attached hydrogen (secondary N) is 1. The SMILES string of the molecule is Cc1ccc(NC(=O)[C@@H](C)OC(=O)[C@@H](C)Sc2ccc([N+](=O)[O-])cc2)cc1F. The first-order chi connectivity index (χ1) is 13.2. The normalized spacial score (nSPS) is 12.7. The monoisotopic (exact) mass is 406 g/mol. The van der Waals surface area contributed by atoms with Gasteiger partial charge in [0.15, 0.2) is 6.10 Å². The quantitative estimate of drug-likeness (QED) is 0.322. The molecule has 1 amide bonds. The number of carbonyl (C=O) groups is 2. The Hall–Kier alpha value is -2.94. The number of hydrogen-bond acceptors (Lipinski definition) is 6. The fourth-order valence-corrected chi connectivity index (χ4v) is 2.99. The zero-order valence-corrected chi connectivity index (χ0v) is 16.3. The zero-order chi connectivity index (χ0) is 20.8. The number of benzene rings is 2. The third kappa shape index (κ3) is 5.78. The molecule has 0 aliphatic carbocycles. The number of amides is 1. The van der Waals surface area contributed by atoms with Gasteiger partial charge in [0.25, 0.3) is 11.6 Å². The van der Waals surface area contributed by atoms with Crippen LogP contribution in [0.5, 0.6) is 0 Å². The number of carbonyl (C=O) groups excluding carboxylic acids is 2. The predicted octanol–water partition coefficient (Wildman–Crippen LogP) is 4.09. The summed E-state index contributed by atoms with van der Waals surface area (Å²) >= 11 is 1.15. The number of aryl methyl sites for hydroxylation is 1. The van der Waals surface area contributed by atoms with Crippen LogP contribution in [0.1, 0.15) is 19.4 Å². The van der Waals surface area contributed by atoms with E-state index < -0.39 is 34.0 Å². The lowest BCUT2D eigenvalue weighted by molar-refractivity contribution is -0.384. The lowest BCUT2D eigenvalue weighted by atomic mass is 10.2. The van der Waals surface area contributed by atoms with Gasteiger partial charge in [-0.2, -0.15) is 0 Å². The summed E-state index contributed by atoms with van der Waals surface area (Å²) in [6.45, 7) is 4.63. The molecule has 0 bridgehead atoms. The second-order valence-corrected chi connectivity index (χ2v) is 7.46. The minimum atomic E-state index is -1.07. The van der Waals surface area contributed by atoms with Gasteiger partial charge in [0.2, 0.25) is 0 Å². The van der Waals surface area contributed by atoms with Gasteiger partial charge in [-0.25, -0.2) is 4.39 Å². The van der Waals surface area contributed by atoms with Gasteiger partial charge in [0, 0.05) is 22.7 Å². The van der Waals surface area contributed by atoms with Crippen LogP contribution in [0.4, 0.5) is 15.8 Å². The van der Waals surface area contributed by atoms with E-state index in [9.17, 15) is 24.1 Å². The minimum absolute atomic E-state index is 0.0441. The molecule has 2 rings (SSSR count). The summed E-state index contributed by atoms with van der Waals surface area (Å²) in [4.78, 5) is 35.1. The standard InChI is InChI=1S/C19H19FN2O5S/c1-11-4-5-14(10-17(11)20)21-18(23)12(2)27-19(24)13(3)28-16-8-6-15(7-9-16)22(25)26/h4-10,12-13H,1-3H3,(H,21,23)/t12-,13-/m1/s1. The maximum Gasteiger partial charge on any atom is 0.319 e. The number of halogens is 1. The highest BCUT2D eigenvalue weighted by atomic mass is 32.2. The maximum absolute atomic E-state index is 13.5. The van der Waals surface area contributed by atoms with Crippen LogP contribution in [0.25, 0.3) is 0 Å². The van der Waals surface area contributed by atoms with Gasteiger partial charge in [0.05, 0.1) is 4.92 Å². The minimum Gasteiger partial charge on any atom is -0.452 e. The van der Waals surface area contributed by atoms with Crippen molar-refractivity contribution < 1.29 is 23.6 Å². The molecule has 0 saturated carbocycles. The molecule has 28 heavy (non-hydrogen) atoms. The van der Waals surface area contributed by atoms with Crippen molar-refractivity contribution in [3.05, 3.63) is 64.0 Å². The van der Waals surface area contributed by atoms with E-state index in [0.717, 1.165) is 11.8 Å². The maximum atomic E-state index is 13.5. The van der Waals surface area contributed by atoms with E-state index in [1.54, 1.807) is 19.9 Å². The van der Waals surface area contributed by atoms with Crippen LogP contribution in [-0.2, 0) is 14.3 Å². The van der Waals surface area contributed by atoms with Crippen molar-refractivity contribution in [2.75, 3.05) is 5.32 Å². The number of nitro benzene ring substituents is 1. The van der Waals surface area contributed by atoms with Crippen LogP contribution in [-0.4, -0.2) is 28.2 Å². The van der Waals surface area contributed by atoms with Gasteiger partial charge in [-0.1, -0.05) is 6.07 Å². The molecule has 1 N–H and O–H groups in total. The summed E-state index contributed by atoms with van der Waals surface area (Å²) in [5.41, 5.74) is 0.677.